The number of nitrogen functional groups attached to an aromatic ring is 1. The highest BCUT2D eigenvalue weighted by molar-refractivity contribution is 14.1. The molecular weight excluding hydrogens is 501 g/mol. The van der Waals surface area contributed by atoms with Crippen LogP contribution in [-0.4, -0.2) is 34.9 Å². The van der Waals surface area contributed by atoms with Crippen LogP contribution < -0.4 is 20.5 Å². The first-order valence-electron chi connectivity index (χ1n) is 9.48. The predicted molar refractivity (Wildman–Crippen MR) is 124 cm³/mol. The standard InChI is InChI=1S/C20H24IN5O2S/c1-20(2,3)8-23-5-4-11-16-17(18(22)25-9-24-16)26-19(11)29-15-7-14-13(6-12(15)21)27-10-28-14/h6-7,9,11,23H,4-5,8,10H2,1-3H3,(H2,22,24,25). The molecule has 29 heavy (non-hydrogen) atoms. The van der Waals surface area contributed by atoms with Crippen LogP contribution in [0, 0.1) is 8.99 Å². The van der Waals surface area contributed by atoms with E-state index in [1.54, 1.807) is 11.8 Å². The Balaban J connectivity index is 1.56. The fourth-order valence-corrected chi connectivity index (χ4v) is 5.06. The van der Waals surface area contributed by atoms with Gasteiger partial charge in [-0.15, -0.1) is 0 Å². The third-order valence-corrected chi connectivity index (χ3v) is 7.04. The number of fused-ring (bicyclic) bond motifs is 2. The number of nitrogens with two attached hydrogens (primary N) is 1. The van der Waals surface area contributed by atoms with Crippen molar-refractivity contribution in [1.82, 2.24) is 15.3 Å². The maximum atomic E-state index is 6.08. The van der Waals surface area contributed by atoms with Gasteiger partial charge in [0.05, 0.1) is 16.7 Å². The van der Waals surface area contributed by atoms with Gasteiger partial charge in [-0.2, -0.15) is 0 Å². The molecule has 0 bridgehead atoms. The molecule has 2 aromatic rings. The second-order valence-electron chi connectivity index (χ2n) is 8.26. The summed E-state index contributed by atoms with van der Waals surface area (Å²) in [4.78, 5) is 14.5. The minimum Gasteiger partial charge on any atom is -0.454 e. The lowest BCUT2D eigenvalue weighted by Crippen LogP contribution is -2.28. The minimum atomic E-state index is 0.0917. The average Bonchev–Trinajstić information content (AvgIpc) is 3.23. The average molecular weight is 525 g/mol. The maximum absolute atomic E-state index is 6.08. The zero-order valence-corrected chi connectivity index (χ0v) is 19.6. The topological polar surface area (TPSA) is 94.6 Å². The molecule has 3 heterocycles. The number of rotatable bonds is 5. The Bertz CT molecular complexity index is 961. The van der Waals surface area contributed by atoms with E-state index < -0.39 is 0 Å². The minimum absolute atomic E-state index is 0.0917. The molecule has 0 aliphatic carbocycles. The number of aromatic nitrogens is 2. The van der Waals surface area contributed by atoms with Crippen molar-refractivity contribution >= 4 is 50.9 Å². The van der Waals surface area contributed by atoms with Gasteiger partial charge in [0.2, 0.25) is 6.79 Å². The Morgan fingerprint density at radius 3 is 2.76 bits per heavy atom. The third kappa shape index (κ3) is 4.61. The molecule has 154 valence electrons. The van der Waals surface area contributed by atoms with Crippen LogP contribution in [0.4, 0.5) is 11.5 Å². The second kappa shape index (κ2) is 8.27. The summed E-state index contributed by atoms with van der Waals surface area (Å²) in [7, 11) is 0. The van der Waals surface area contributed by atoms with Crippen LogP contribution in [0.3, 0.4) is 0 Å². The molecule has 2 aliphatic rings. The van der Waals surface area contributed by atoms with Crippen LogP contribution >= 0.6 is 34.4 Å². The zero-order chi connectivity index (χ0) is 20.6. The number of hydrogen-bond donors (Lipinski definition) is 2. The summed E-state index contributed by atoms with van der Waals surface area (Å²) in [5, 5.41) is 4.54. The van der Waals surface area contributed by atoms with Crippen LogP contribution in [0.15, 0.2) is 28.3 Å². The van der Waals surface area contributed by atoms with Crippen LogP contribution in [0.2, 0.25) is 0 Å². The van der Waals surface area contributed by atoms with Crippen LogP contribution in [-0.2, 0) is 0 Å². The van der Waals surface area contributed by atoms with Crippen LogP contribution in [0.5, 0.6) is 11.5 Å². The van der Waals surface area contributed by atoms with Crippen molar-refractivity contribution in [2.45, 2.75) is 38.0 Å². The number of halogens is 1. The van der Waals surface area contributed by atoms with Crippen molar-refractivity contribution in [3.8, 4) is 11.5 Å². The third-order valence-electron chi connectivity index (χ3n) is 4.64. The number of anilines is 1. The molecule has 1 aromatic carbocycles. The molecule has 0 fully saturated rings. The summed E-state index contributed by atoms with van der Waals surface area (Å²) >= 11 is 3.96. The monoisotopic (exact) mass is 525 g/mol. The van der Waals surface area contributed by atoms with Crippen molar-refractivity contribution in [2.75, 3.05) is 25.6 Å². The van der Waals surface area contributed by atoms with E-state index in [1.165, 1.54) is 6.33 Å². The molecule has 4 rings (SSSR count). The van der Waals surface area contributed by atoms with Gasteiger partial charge in [0.1, 0.15) is 12.0 Å². The van der Waals surface area contributed by atoms with E-state index in [1.807, 2.05) is 12.1 Å². The SMILES string of the molecule is CC(C)(C)CNCCC1C(Sc2cc3c(cc2I)OCO3)=Nc2c(N)ncnc21. The number of aliphatic imine (C=N–C) groups is 1. The van der Waals surface area contributed by atoms with Crippen molar-refractivity contribution < 1.29 is 9.47 Å². The molecule has 0 amide bonds. The van der Waals surface area contributed by atoms with E-state index in [9.17, 15) is 0 Å². The molecule has 9 heteroatoms. The van der Waals surface area contributed by atoms with Crippen LogP contribution in [0.25, 0.3) is 0 Å². The molecule has 1 atom stereocenters. The van der Waals surface area contributed by atoms with Crippen molar-refractivity contribution in [3.05, 3.63) is 27.7 Å². The summed E-state index contributed by atoms with van der Waals surface area (Å²) in [6.45, 7) is 8.77. The van der Waals surface area contributed by atoms with E-state index in [0.29, 0.717) is 11.5 Å². The quantitative estimate of drug-likeness (QED) is 0.443. The molecule has 0 radical (unpaired) electrons. The largest absolute Gasteiger partial charge is 0.454 e. The summed E-state index contributed by atoms with van der Waals surface area (Å²) in [6.07, 6.45) is 2.42. The highest BCUT2D eigenvalue weighted by Crippen LogP contribution is 2.46. The Morgan fingerprint density at radius 2 is 2.00 bits per heavy atom. The molecule has 2 aliphatic heterocycles. The molecule has 1 unspecified atom stereocenters. The van der Waals surface area contributed by atoms with Crippen molar-refractivity contribution in [2.24, 2.45) is 10.4 Å². The van der Waals surface area contributed by atoms with Gasteiger partial charge in [-0.25, -0.2) is 15.0 Å². The molecule has 3 N–H and O–H groups in total. The van der Waals surface area contributed by atoms with Gasteiger partial charge >= 0.3 is 0 Å². The first kappa shape index (κ1) is 20.7. The summed E-state index contributed by atoms with van der Waals surface area (Å²) < 4.78 is 12.1. The lowest BCUT2D eigenvalue weighted by Gasteiger charge is -2.20. The van der Waals surface area contributed by atoms with E-state index >= 15 is 0 Å². The smallest absolute Gasteiger partial charge is 0.231 e. The maximum Gasteiger partial charge on any atom is 0.231 e. The fourth-order valence-electron chi connectivity index (χ4n) is 3.23. The Morgan fingerprint density at radius 1 is 1.24 bits per heavy atom. The van der Waals surface area contributed by atoms with Gasteiger partial charge < -0.3 is 20.5 Å². The zero-order valence-electron chi connectivity index (χ0n) is 16.7. The van der Waals surface area contributed by atoms with Crippen molar-refractivity contribution in [3.63, 3.8) is 0 Å². The number of thioether (sulfide) groups is 1. The molecule has 0 saturated heterocycles. The van der Waals surface area contributed by atoms with Crippen molar-refractivity contribution in [1.29, 1.82) is 0 Å². The molecule has 7 nitrogen and oxygen atoms in total. The van der Waals surface area contributed by atoms with Gasteiger partial charge in [0.15, 0.2) is 17.3 Å². The normalized spacial score (nSPS) is 17.4. The number of nitrogens with zero attached hydrogens (tertiary/aromatic N) is 3. The number of ether oxygens (including phenoxy) is 2. The Labute approximate surface area is 188 Å². The van der Waals surface area contributed by atoms with Gasteiger partial charge in [-0.05, 0) is 59.6 Å². The van der Waals surface area contributed by atoms with Gasteiger partial charge in [-0.3, -0.25) is 0 Å². The highest BCUT2D eigenvalue weighted by Gasteiger charge is 2.32. The fraction of sp³-hybridized carbons (Fsp3) is 0.450. The molecule has 0 spiro atoms. The summed E-state index contributed by atoms with van der Waals surface area (Å²) in [6, 6.07) is 4.02. The Hall–Kier alpha value is -1.59. The summed E-state index contributed by atoms with van der Waals surface area (Å²) in [5.41, 5.74) is 7.94. The number of hydrogen-bond acceptors (Lipinski definition) is 8. The lowest BCUT2D eigenvalue weighted by atomic mass is 9.96. The summed E-state index contributed by atoms with van der Waals surface area (Å²) in [5.74, 6) is 2.08. The number of nitrogens with one attached hydrogen (secondary N) is 1. The van der Waals surface area contributed by atoms with Gasteiger partial charge in [0, 0.05) is 8.47 Å². The molecule has 1 aromatic heterocycles. The van der Waals surface area contributed by atoms with Gasteiger partial charge in [-0.1, -0.05) is 32.5 Å². The van der Waals surface area contributed by atoms with E-state index in [2.05, 4.69) is 58.6 Å². The van der Waals surface area contributed by atoms with Crippen LogP contribution in [0.1, 0.15) is 38.8 Å². The molecule has 0 saturated carbocycles. The first-order valence-corrected chi connectivity index (χ1v) is 11.4. The first-order chi connectivity index (χ1) is 13.8. The molecular formula is C20H24IN5O2S. The highest BCUT2D eigenvalue weighted by atomic mass is 127. The van der Waals surface area contributed by atoms with E-state index in [4.69, 9.17) is 20.2 Å². The van der Waals surface area contributed by atoms with E-state index in [-0.39, 0.29) is 18.1 Å². The Kier molecular flexibility index (Phi) is 5.90. The second-order valence-corrected chi connectivity index (χ2v) is 10.5. The van der Waals surface area contributed by atoms with E-state index in [0.717, 1.165) is 50.2 Å². The van der Waals surface area contributed by atoms with Gasteiger partial charge in [0.25, 0.3) is 0 Å². The number of benzene rings is 1. The lowest BCUT2D eigenvalue weighted by molar-refractivity contribution is 0.174. The predicted octanol–water partition coefficient (Wildman–Crippen LogP) is 4.34.